The van der Waals surface area contributed by atoms with Gasteiger partial charge in [0.05, 0.1) is 13.4 Å². The Morgan fingerprint density at radius 1 is 1.10 bits per heavy atom. The number of hydrogen-bond donors (Lipinski definition) is 0. The third kappa shape index (κ3) is 2.44. The maximum Gasteiger partial charge on any atom is 0.123 e. The lowest BCUT2D eigenvalue weighted by Gasteiger charge is -2.17. The van der Waals surface area contributed by atoms with Crippen LogP contribution in [0.2, 0.25) is 0 Å². The molecule has 0 aliphatic carbocycles. The van der Waals surface area contributed by atoms with Crippen molar-refractivity contribution in [1.29, 1.82) is 0 Å². The van der Waals surface area contributed by atoms with Crippen LogP contribution in [0.15, 0.2) is 48.5 Å². The van der Waals surface area contributed by atoms with Gasteiger partial charge in [-0.25, -0.2) is 4.39 Å². The van der Waals surface area contributed by atoms with Crippen LogP contribution in [0.1, 0.15) is 24.0 Å². The van der Waals surface area contributed by atoms with Gasteiger partial charge in [-0.15, -0.1) is 0 Å². The van der Waals surface area contributed by atoms with E-state index in [4.69, 9.17) is 7.85 Å². The van der Waals surface area contributed by atoms with E-state index in [9.17, 15) is 4.39 Å². The molecule has 102 valence electrons. The zero-order valence-electron chi connectivity index (χ0n) is 12.1. The van der Waals surface area contributed by atoms with E-state index in [0.717, 1.165) is 33.3 Å². The predicted molar refractivity (Wildman–Crippen MR) is 86.0 cm³/mol. The highest BCUT2D eigenvalue weighted by atomic mass is 19.1. The smallest absolute Gasteiger partial charge is 0.123 e. The van der Waals surface area contributed by atoms with Gasteiger partial charge in [-0.05, 0) is 42.1 Å². The Balaban J connectivity index is 2.40. The van der Waals surface area contributed by atoms with Crippen LogP contribution in [0.5, 0.6) is 0 Å². The molecule has 1 unspecified atom stereocenters. The Bertz CT molecular complexity index is 797. The summed E-state index contributed by atoms with van der Waals surface area (Å²) in [5.74, 6) is -0.437. The average molecular weight is 275 g/mol. The summed E-state index contributed by atoms with van der Waals surface area (Å²) in [7, 11) is 6.11. The molecule has 0 aliphatic rings. The van der Waals surface area contributed by atoms with Gasteiger partial charge in [0.15, 0.2) is 0 Å². The van der Waals surface area contributed by atoms with Crippen LogP contribution in [-0.4, -0.2) is 12.8 Å². The van der Waals surface area contributed by atoms with Crippen LogP contribution < -0.4 is 0 Å². The van der Waals surface area contributed by atoms with E-state index in [0.29, 0.717) is 0 Å². The van der Waals surface area contributed by atoms with Crippen molar-refractivity contribution in [3.05, 3.63) is 65.6 Å². The molecular weight excluding hydrogens is 260 g/mol. The molecule has 0 saturated carbocycles. The molecule has 1 aromatic heterocycles. The fourth-order valence-electron chi connectivity index (χ4n) is 2.72. The summed E-state index contributed by atoms with van der Waals surface area (Å²) in [6.45, 7) is 3.92. The first kappa shape index (κ1) is 13.8. The predicted octanol–water partition coefficient (Wildman–Crippen LogP) is 4.58. The number of hydrogen-bond acceptors (Lipinski definition) is 1. The summed E-state index contributed by atoms with van der Waals surface area (Å²) < 4.78 is 13.6. The van der Waals surface area contributed by atoms with Crippen molar-refractivity contribution in [1.82, 2.24) is 4.98 Å². The minimum Gasteiger partial charge on any atom is -0.253 e. The van der Waals surface area contributed by atoms with Crippen LogP contribution in [0.25, 0.3) is 22.0 Å². The molecule has 0 aliphatic heterocycles. The minimum absolute atomic E-state index is 0.187. The van der Waals surface area contributed by atoms with Gasteiger partial charge in [0, 0.05) is 16.6 Å². The lowest BCUT2D eigenvalue weighted by atomic mass is 9.81. The molecule has 1 nitrogen and oxygen atoms in total. The zero-order valence-corrected chi connectivity index (χ0v) is 12.1. The van der Waals surface area contributed by atoms with Crippen molar-refractivity contribution in [2.24, 2.45) is 0 Å². The van der Waals surface area contributed by atoms with Crippen LogP contribution in [0.4, 0.5) is 4.39 Å². The van der Waals surface area contributed by atoms with Crippen molar-refractivity contribution in [3.63, 3.8) is 0 Å². The van der Waals surface area contributed by atoms with Crippen molar-refractivity contribution in [2.45, 2.75) is 19.7 Å². The minimum atomic E-state index is -0.250. The molecule has 0 bridgehead atoms. The summed E-state index contributed by atoms with van der Waals surface area (Å²) >= 11 is 0. The first-order valence-electron chi connectivity index (χ1n) is 6.98. The Morgan fingerprint density at radius 2 is 1.81 bits per heavy atom. The lowest BCUT2D eigenvalue weighted by Crippen LogP contribution is -2.03. The molecule has 0 saturated heterocycles. The monoisotopic (exact) mass is 275 g/mol. The largest absolute Gasteiger partial charge is 0.253 e. The van der Waals surface area contributed by atoms with Gasteiger partial charge in [-0.2, -0.15) is 0 Å². The van der Waals surface area contributed by atoms with Crippen LogP contribution in [0.3, 0.4) is 0 Å². The molecule has 1 heterocycles. The van der Waals surface area contributed by atoms with Gasteiger partial charge in [0.2, 0.25) is 0 Å². The van der Waals surface area contributed by atoms with Crippen molar-refractivity contribution in [2.75, 3.05) is 0 Å². The summed E-state index contributed by atoms with van der Waals surface area (Å²) in [6.07, 6.45) is 0. The zero-order chi connectivity index (χ0) is 15.0. The van der Waals surface area contributed by atoms with Crippen molar-refractivity contribution >= 4 is 18.7 Å². The molecule has 21 heavy (non-hydrogen) atoms. The average Bonchev–Trinajstić information content (AvgIpc) is 2.48. The number of aryl methyl sites for hydroxylation is 1. The third-order valence-corrected chi connectivity index (χ3v) is 3.73. The summed E-state index contributed by atoms with van der Waals surface area (Å²) in [4.78, 5) is 4.66. The number of fused-ring (bicyclic) bond motifs is 1. The first-order chi connectivity index (χ1) is 10.1. The van der Waals surface area contributed by atoms with Crippen molar-refractivity contribution < 1.29 is 4.39 Å². The highest BCUT2D eigenvalue weighted by molar-refractivity contribution is 6.13. The van der Waals surface area contributed by atoms with E-state index in [2.05, 4.69) is 4.98 Å². The number of halogens is 1. The normalized spacial score (nSPS) is 12.5. The quantitative estimate of drug-likeness (QED) is 0.624. The Kier molecular flexibility index (Phi) is 3.50. The SMILES string of the molecule is [B]C(C)c1nc2ccc(F)cc2c(C)c1-c1ccccc1. The molecule has 2 radical (unpaired) electrons. The van der Waals surface area contributed by atoms with E-state index >= 15 is 0 Å². The number of pyridine rings is 1. The van der Waals surface area contributed by atoms with Crippen molar-refractivity contribution in [3.8, 4) is 11.1 Å². The fourth-order valence-corrected chi connectivity index (χ4v) is 2.72. The summed E-state index contributed by atoms with van der Waals surface area (Å²) in [5, 5.41) is 0.832. The van der Waals surface area contributed by atoms with Gasteiger partial charge in [-0.1, -0.05) is 37.3 Å². The molecule has 3 rings (SSSR count). The number of nitrogens with zero attached hydrogens (tertiary/aromatic N) is 1. The maximum absolute atomic E-state index is 13.6. The second-order valence-corrected chi connectivity index (χ2v) is 5.31. The molecule has 0 fully saturated rings. The number of rotatable bonds is 2. The summed E-state index contributed by atoms with van der Waals surface area (Å²) in [6, 6.07) is 14.7. The van der Waals surface area contributed by atoms with E-state index in [1.165, 1.54) is 12.1 Å². The van der Waals surface area contributed by atoms with Gasteiger partial charge in [-0.3, -0.25) is 4.98 Å². The highest BCUT2D eigenvalue weighted by Gasteiger charge is 2.16. The molecule has 0 amide bonds. The van der Waals surface area contributed by atoms with E-state index in [-0.39, 0.29) is 11.6 Å². The van der Waals surface area contributed by atoms with Crippen LogP contribution in [0, 0.1) is 12.7 Å². The number of benzene rings is 2. The lowest BCUT2D eigenvalue weighted by molar-refractivity contribution is 0.629. The molecule has 3 heteroatoms. The maximum atomic E-state index is 13.6. The second-order valence-electron chi connectivity index (χ2n) is 5.31. The van der Waals surface area contributed by atoms with Gasteiger partial charge in [0.25, 0.3) is 0 Å². The van der Waals surface area contributed by atoms with Gasteiger partial charge in [0.1, 0.15) is 5.82 Å². The fraction of sp³-hybridized carbons (Fsp3) is 0.167. The Morgan fingerprint density at radius 3 is 2.48 bits per heavy atom. The van der Waals surface area contributed by atoms with E-state index < -0.39 is 0 Å². The first-order valence-corrected chi connectivity index (χ1v) is 6.98. The van der Waals surface area contributed by atoms with Gasteiger partial charge >= 0.3 is 0 Å². The standard InChI is InChI=1S/C18H15BFN/c1-11-15-10-14(20)8-9-16(15)21-18(12(2)19)17(11)13-6-4-3-5-7-13/h3-10,12H,1-2H3. The highest BCUT2D eigenvalue weighted by Crippen LogP contribution is 2.34. The Labute approximate surface area is 125 Å². The van der Waals surface area contributed by atoms with E-state index in [1.54, 1.807) is 6.07 Å². The molecule has 2 aromatic carbocycles. The van der Waals surface area contributed by atoms with Gasteiger partial charge < -0.3 is 0 Å². The topological polar surface area (TPSA) is 12.9 Å². The second kappa shape index (κ2) is 5.32. The molecular formula is C18H15BFN. The molecule has 1 atom stereocenters. The third-order valence-electron chi connectivity index (χ3n) is 3.73. The van der Waals surface area contributed by atoms with Crippen LogP contribution >= 0.6 is 0 Å². The summed E-state index contributed by atoms with van der Waals surface area (Å²) in [5.41, 5.74) is 4.70. The number of aromatic nitrogens is 1. The molecule has 0 N–H and O–H groups in total. The molecule has 0 spiro atoms. The van der Waals surface area contributed by atoms with E-state index in [1.807, 2.05) is 44.2 Å². The Hall–Kier alpha value is -2.16. The molecule has 3 aromatic rings. The van der Waals surface area contributed by atoms with Crippen LogP contribution in [-0.2, 0) is 0 Å².